The number of aliphatic carboxylic acids is 1. The van der Waals surface area contributed by atoms with Gasteiger partial charge in [0.15, 0.2) is 5.79 Å². The van der Waals surface area contributed by atoms with Crippen molar-refractivity contribution in [3.05, 3.63) is 11.6 Å². The summed E-state index contributed by atoms with van der Waals surface area (Å²) in [6, 6.07) is 0. The lowest BCUT2D eigenvalue weighted by molar-refractivity contribution is -0.361. The van der Waals surface area contributed by atoms with E-state index in [0.717, 1.165) is 44.9 Å². The Kier molecular flexibility index (Phi) is 5.61. The van der Waals surface area contributed by atoms with Crippen LogP contribution in [0.4, 0.5) is 0 Å². The first-order chi connectivity index (χ1) is 16.5. The van der Waals surface area contributed by atoms with E-state index in [2.05, 4.69) is 40.7 Å². The van der Waals surface area contributed by atoms with Crippen LogP contribution in [0, 0.1) is 50.2 Å². The van der Waals surface area contributed by atoms with Crippen molar-refractivity contribution in [3.8, 4) is 0 Å². The Hall–Kier alpha value is -0.950. The maximum absolute atomic E-state index is 12.8. The van der Waals surface area contributed by atoms with Crippen molar-refractivity contribution < 1.29 is 30.3 Å². The molecule has 4 fully saturated rings. The van der Waals surface area contributed by atoms with Crippen LogP contribution in [0.15, 0.2) is 11.6 Å². The maximum Gasteiger partial charge on any atom is 0.310 e. The fraction of sp³-hybridized carbons (Fsp3) is 0.900. The molecule has 5 aliphatic carbocycles. The summed E-state index contributed by atoms with van der Waals surface area (Å²) in [4.78, 5) is 12.8. The van der Waals surface area contributed by atoms with E-state index >= 15 is 0 Å². The highest BCUT2D eigenvalue weighted by molar-refractivity contribution is 5.76. The summed E-state index contributed by atoms with van der Waals surface area (Å²) in [5.74, 6) is -2.87. The molecular weight excluding hydrogens is 456 g/mol. The van der Waals surface area contributed by atoms with E-state index in [1.54, 1.807) is 6.92 Å². The lowest BCUT2D eigenvalue weighted by Gasteiger charge is -2.72. The van der Waals surface area contributed by atoms with Gasteiger partial charge in [0.25, 0.3) is 0 Å². The number of aliphatic hydroxyl groups excluding tert-OH is 2. The summed E-state index contributed by atoms with van der Waals surface area (Å²) >= 11 is 0. The number of allylic oxidation sites excluding steroid dienone is 2. The Morgan fingerprint density at radius 2 is 1.58 bits per heavy atom. The van der Waals surface area contributed by atoms with E-state index in [0.29, 0.717) is 6.42 Å². The topological polar surface area (TPSA) is 118 Å². The minimum Gasteiger partial charge on any atom is -0.481 e. The quantitative estimate of drug-likeness (QED) is 0.279. The van der Waals surface area contributed by atoms with Crippen molar-refractivity contribution in [1.29, 1.82) is 0 Å². The van der Waals surface area contributed by atoms with Crippen LogP contribution >= 0.6 is 0 Å². The summed E-state index contributed by atoms with van der Waals surface area (Å²) < 4.78 is 0. The van der Waals surface area contributed by atoms with Crippen LogP contribution in [-0.2, 0) is 4.79 Å². The number of hydrogen-bond acceptors (Lipinski definition) is 5. The second-order valence-electron chi connectivity index (χ2n) is 15.2. The van der Waals surface area contributed by atoms with Gasteiger partial charge in [-0.1, -0.05) is 53.2 Å². The molecule has 4 saturated carbocycles. The van der Waals surface area contributed by atoms with Crippen molar-refractivity contribution >= 4 is 5.97 Å². The Labute approximate surface area is 216 Å². The van der Waals surface area contributed by atoms with Crippen LogP contribution in [0.25, 0.3) is 0 Å². The molecule has 5 aliphatic rings. The van der Waals surface area contributed by atoms with Gasteiger partial charge in [-0.3, -0.25) is 4.79 Å². The smallest absolute Gasteiger partial charge is 0.310 e. The van der Waals surface area contributed by atoms with Gasteiger partial charge in [0.05, 0.1) is 17.4 Å². The standard InChI is InChI=1S/C30H48O6/c1-24(2)11-13-29(23(33)34)14-12-26(4)18(19(29)15-24)7-8-20-25(3)16-22(32)30(35,36)28(6,17-31)21(25)9-10-27(20,26)5/h7,19-22,31-32,35-36H,8-17H2,1-6H3,(H,33,34)/t19-,20+,21+,22?,25+,26+,27+,28?,29-/m0/s1. The Morgan fingerprint density at radius 1 is 0.944 bits per heavy atom. The minimum atomic E-state index is -2.33. The molecule has 0 aliphatic heterocycles. The lowest BCUT2D eigenvalue weighted by atomic mass is 9.33. The van der Waals surface area contributed by atoms with Gasteiger partial charge in [0.1, 0.15) is 6.10 Å². The molecule has 204 valence electrons. The minimum absolute atomic E-state index is 0.0444. The van der Waals surface area contributed by atoms with Gasteiger partial charge in [0.2, 0.25) is 0 Å². The molecule has 0 heterocycles. The molecule has 5 rings (SSSR count). The molecular formula is C30H48O6. The summed E-state index contributed by atoms with van der Waals surface area (Å²) in [6.45, 7) is 12.8. The third kappa shape index (κ3) is 2.96. The van der Waals surface area contributed by atoms with Gasteiger partial charge >= 0.3 is 5.97 Å². The van der Waals surface area contributed by atoms with Crippen molar-refractivity contribution in [2.75, 3.05) is 6.61 Å². The first-order valence-electron chi connectivity index (χ1n) is 14.1. The highest BCUT2D eigenvalue weighted by atomic mass is 16.5. The number of carbonyl (C=O) groups is 1. The zero-order valence-electron chi connectivity index (χ0n) is 23.1. The predicted octanol–water partition coefficient (Wildman–Crippen LogP) is 4.50. The molecule has 0 saturated heterocycles. The second kappa shape index (κ2) is 7.58. The third-order valence-corrected chi connectivity index (χ3v) is 13.4. The van der Waals surface area contributed by atoms with E-state index in [-0.39, 0.29) is 45.8 Å². The van der Waals surface area contributed by atoms with Gasteiger partial charge in [-0.05, 0) is 97.2 Å². The SMILES string of the molecule is CC1(C)CC[C@]2(C(=O)O)CC[C@]3(C)C(=CC[C@@H]4[C@@]5(C)CC(O)C(O)(O)C(C)(CO)[C@@H]5CC[C@]43C)[C@@H]2C1. The fourth-order valence-electron chi connectivity index (χ4n) is 10.7. The molecule has 6 nitrogen and oxygen atoms in total. The number of fused-ring (bicyclic) bond motifs is 7. The average molecular weight is 505 g/mol. The second-order valence-corrected chi connectivity index (χ2v) is 15.2. The third-order valence-electron chi connectivity index (χ3n) is 13.4. The van der Waals surface area contributed by atoms with Gasteiger partial charge < -0.3 is 25.5 Å². The number of carboxylic acids is 1. The molecule has 5 N–H and O–H groups in total. The highest BCUT2D eigenvalue weighted by Crippen LogP contribution is 2.76. The molecule has 0 amide bonds. The van der Waals surface area contributed by atoms with E-state index in [1.807, 2.05) is 0 Å². The first kappa shape index (κ1) is 26.6. The largest absolute Gasteiger partial charge is 0.481 e. The molecule has 36 heavy (non-hydrogen) atoms. The Balaban J connectivity index is 1.62. The predicted molar refractivity (Wildman–Crippen MR) is 137 cm³/mol. The average Bonchev–Trinajstić information content (AvgIpc) is 2.77. The van der Waals surface area contributed by atoms with Gasteiger partial charge in [-0.2, -0.15) is 0 Å². The fourth-order valence-corrected chi connectivity index (χ4v) is 10.7. The van der Waals surface area contributed by atoms with E-state index in [1.165, 1.54) is 5.57 Å². The molecule has 0 aromatic heterocycles. The molecule has 9 atom stereocenters. The zero-order chi connectivity index (χ0) is 26.7. The maximum atomic E-state index is 12.8. The summed E-state index contributed by atoms with van der Waals surface area (Å²) in [5, 5.41) is 53.8. The molecule has 0 bridgehead atoms. The summed E-state index contributed by atoms with van der Waals surface area (Å²) in [7, 11) is 0. The molecule has 6 heteroatoms. The molecule has 0 aromatic carbocycles. The molecule has 2 unspecified atom stereocenters. The van der Waals surface area contributed by atoms with E-state index in [9.17, 15) is 30.3 Å². The van der Waals surface area contributed by atoms with E-state index in [4.69, 9.17) is 0 Å². The van der Waals surface area contributed by atoms with Crippen molar-refractivity contribution in [2.45, 2.75) is 111 Å². The number of carboxylic acid groups (broad SMARTS) is 1. The van der Waals surface area contributed by atoms with Crippen LogP contribution in [0.5, 0.6) is 0 Å². The summed E-state index contributed by atoms with van der Waals surface area (Å²) in [5.41, 5.74) is -1.04. The zero-order valence-corrected chi connectivity index (χ0v) is 23.1. The van der Waals surface area contributed by atoms with Crippen molar-refractivity contribution in [3.63, 3.8) is 0 Å². The van der Waals surface area contributed by atoms with Crippen molar-refractivity contribution in [1.82, 2.24) is 0 Å². The normalized spacial score (nSPS) is 53.2. The number of rotatable bonds is 2. The van der Waals surface area contributed by atoms with Crippen LogP contribution < -0.4 is 0 Å². The van der Waals surface area contributed by atoms with E-state index < -0.39 is 35.3 Å². The van der Waals surface area contributed by atoms with Crippen LogP contribution in [0.2, 0.25) is 0 Å². The van der Waals surface area contributed by atoms with Crippen molar-refractivity contribution in [2.24, 2.45) is 50.2 Å². The monoisotopic (exact) mass is 504 g/mol. The van der Waals surface area contributed by atoms with Crippen LogP contribution in [0.3, 0.4) is 0 Å². The van der Waals surface area contributed by atoms with Gasteiger partial charge in [-0.15, -0.1) is 0 Å². The first-order valence-corrected chi connectivity index (χ1v) is 14.1. The lowest BCUT2D eigenvalue weighted by Crippen LogP contribution is -2.72. The molecule has 0 spiro atoms. The van der Waals surface area contributed by atoms with Gasteiger partial charge in [0, 0.05) is 0 Å². The molecule has 0 aromatic rings. The highest BCUT2D eigenvalue weighted by Gasteiger charge is 2.73. The Morgan fingerprint density at radius 3 is 2.19 bits per heavy atom. The Bertz CT molecular complexity index is 986. The number of hydrogen-bond donors (Lipinski definition) is 5. The van der Waals surface area contributed by atoms with Crippen LogP contribution in [-0.4, -0.2) is 50.0 Å². The summed E-state index contributed by atoms with van der Waals surface area (Å²) in [6.07, 6.45) is 7.90. The molecule has 0 radical (unpaired) electrons. The van der Waals surface area contributed by atoms with Gasteiger partial charge in [-0.25, -0.2) is 0 Å². The number of aliphatic hydroxyl groups is 4. The van der Waals surface area contributed by atoms with Crippen LogP contribution in [0.1, 0.15) is 99.3 Å².